The van der Waals surface area contributed by atoms with Crippen LogP contribution in [-0.2, 0) is 32.9 Å². The molecule has 1 aliphatic heterocycles. The first kappa shape index (κ1) is 23.6. The van der Waals surface area contributed by atoms with E-state index in [-0.39, 0.29) is 33.9 Å². The molecule has 0 bridgehead atoms. The maximum atomic E-state index is 9.92. The van der Waals surface area contributed by atoms with Gasteiger partial charge in [-0.2, -0.15) is 9.90 Å². The number of carbonyl (C=O) groups is 2. The SMILES string of the molecule is CCCC.O.O=C1C=CC(=O)O1.P.[V]. The van der Waals surface area contributed by atoms with Crippen LogP contribution in [0.15, 0.2) is 12.2 Å². The molecule has 0 aromatic heterocycles. The van der Waals surface area contributed by atoms with Crippen molar-refractivity contribution in [3.63, 3.8) is 0 Å². The van der Waals surface area contributed by atoms with Gasteiger partial charge in [-0.05, 0) is 0 Å². The molecule has 0 spiro atoms. The fourth-order valence-corrected chi connectivity index (χ4v) is 0.303. The average molecular weight is 259 g/mol. The molecule has 1 rings (SSSR count). The average Bonchev–Trinajstić information content (AvgIpc) is 2.35. The Morgan fingerprint density at radius 2 is 1.36 bits per heavy atom. The van der Waals surface area contributed by atoms with Crippen LogP contribution in [0.25, 0.3) is 0 Å². The molecular formula is C8H17O4PV. The summed E-state index contributed by atoms with van der Waals surface area (Å²) in [5, 5.41) is 0. The summed E-state index contributed by atoms with van der Waals surface area (Å²) in [6, 6.07) is 0. The Balaban J connectivity index is -0.0000000650. The van der Waals surface area contributed by atoms with Crippen molar-refractivity contribution in [2.75, 3.05) is 0 Å². The molecule has 0 aromatic carbocycles. The van der Waals surface area contributed by atoms with Gasteiger partial charge in [0, 0.05) is 30.7 Å². The van der Waals surface area contributed by atoms with E-state index in [9.17, 15) is 9.59 Å². The molecule has 6 heteroatoms. The Hall–Kier alpha value is -0.146. The molecule has 83 valence electrons. The van der Waals surface area contributed by atoms with Gasteiger partial charge in [0.15, 0.2) is 0 Å². The van der Waals surface area contributed by atoms with Crippen molar-refractivity contribution in [3.05, 3.63) is 12.2 Å². The van der Waals surface area contributed by atoms with E-state index in [4.69, 9.17) is 0 Å². The molecule has 1 heterocycles. The summed E-state index contributed by atoms with van der Waals surface area (Å²) < 4.78 is 3.97. The van der Waals surface area contributed by atoms with E-state index in [0.29, 0.717) is 0 Å². The van der Waals surface area contributed by atoms with E-state index < -0.39 is 11.9 Å². The van der Waals surface area contributed by atoms with E-state index in [1.807, 2.05) is 0 Å². The van der Waals surface area contributed by atoms with Crippen molar-refractivity contribution in [1.29, 1.82) is 0 Å². The molecule has 2 N–H and O–H groups in total. The summed E-state index contributed by atoms with van der Waals surface area (Å²) in [5.41, 5.74) is 0. The second kappa shape index (κ2) is 15.3. The van der Waals surface area contributed by atoms with Gasteiger partial charge in [-0.1, -0.05) is 26.7 Å². The van der Waals surface area contributed by atoms with Crippen molar-refractivity contribution in [1.82, 2.24) is 0 Å². The van der Waals surface area contributed by atoms with Gasteiger partial charge in [0.1, 0.15) is 0 Å². The molecule has 4 nitrogen and oxygen atoms in total. The van der Waals surface area contributed by atoms with Crippen LogP contribution in [0.1, 0.15) is 26.7 Å². The van der Waals surface area contributed by atoms with Crippen molar-refractivity contribution in [3.8, 4) is 0 Å². The second-order valence-electron chi connectivity index (χ2n) is 2.07. The number of cyclic esters (lactones) is 2. The van der Waals surface area contributed by atoms with Crippen LogP contribution in [0.3, 0.4) is 0 Å². The van der Waals surface area contributed by atoms with Gasteiger partial charge in [-0.25, -0.2) is 9.59 Å². The molecule has 0 aliphatic carbocycles. The summed E-state index contributed by atoms with van der Waals surface area (Å²) in [7, 11) is 0. The largest absolute Gasteiger partial charge is 0.412 e. The van der Waals surface area contributed by atoms with Gasteiger partial charge in [0.25, 0.3) is 0 Å². The summed E-state index contributed by atoms with van der Waals surface area (Å²) in [4.78, 5) is 19.8. The maximum absolute atomic E-state index is 9.92. The molecular weight excluding hydrogens is 242 g/mol. The van der Waals surface area contributed by atoms with Crippen LogP contribution >= 0.6 is 9.90 Å². The van der Waals surface area contributed by atoms with Crippen molar-refractivity contribution in [2.45, 2.75) is 26.7 Å². The molecule has 1 aliphatic rings. The Labute approximate surface area is 99.3 Å². The summed E-state index contributed by atoms with van der Waals surface area (Å²) >= 11 is 0. The zero-order chi connectivity index (χ0) is 8.69. The van der Waals surface area contributed by atoms with Gasteiger partial charge in [-0.15, -0.1) is 0 Å². The molecule has 0 fully saturated rings. The Morgan fingerprint density at radius 3 is 1.43 bits per heavy atom. The fourth-order valence-electron chi connectivity index (χ4n) is 0.303. The Kier molecular flexibility index (Phi) is 25.8. The zero-order valence-corrected chi connectivity index (χ0v) is 11.3. The second-order valence-corrected chi connectivity index (χ2v) is 2.07. The van der Waals surface area contributed by atoms with E-state index in [0.717, 1.165) is 12.2 Å². The number of unbranched alkanes of at least 4 members (excludes halogenated alkanes) is 1. The predicted octanol–water partition coefficient (Wildman–Crippen LogP) is 0.663. The molecule has 1 unspecified atom stereocenters. The first-order valence-electron chi connectivity index (χ1n) is 3.64. The molecule has 1 radical (unpaired) electrons. The minimum absolute atomic E-state index is 0. The van der Waals surface area contributed by atoms with Gasteiger partial charge in [0.2, 0.25) is 0 Å². The number of carbonyl (C=O) groups excluding carboxylic acids is 2. The van der Waals surface area contributed by atoms with Crippen LogP contribution < -0.4 is 0 Å². The smallest absolute Gasteiger partial charge is 0.338 e. The summed E-state index contributed by atoms with van der Waals surface area (Å²) in [6.07, 6.45) is 4.81. The monoisotopic (exact) mass is 259 g/mol. The number of esters is 2. The molecule has 0 saturated heterocycles. The van der Waals surface area contributed by atoms with Crippen LogP contribution in [0.2, 0.25) is 0 Å². The van der Waals surface area contributed by atoms with Crippen molar-refractivity contribution >= 4 is 21.8 Å². The van der Waals surface area contributed by atoms with Gasteiger partial charge < -0.3 is 10.2 Å². The van der Waals surface area contributed by atoms with E-state index in [1.54, 1.807) is 0 Å². The molecule has 0 aromatic rings. The van der Waals surface area contributed by atoms with Crippen LogP contribution in [0.4, 0.5) is 0 Å². The first-order chi connectivity index (χ1) is 5.20. The maximum Gasteiger partial charge on any atom is 0.338 e. The van der Waals surface area contributed by atoms with Crippen LogP contribution in [-0.4, -0.2) is 17.4 Å². The first-order valence-corrected chi connectivity index (χ1v) is 3.64. The standard InChI is InChI=1S/C4H2O3.C4H10.H2O.H3P.V/c5-3-1-2-4(6)7-3;1-3-4-2;;;/h1-2H;3-4H2,1-2H3;1H2;1H3;. The minimum atomic E-state index is -0.579. The topological polar surface area (TPSA) is 74.9 Å². The quantitative estimate of drug-likeness (QED) is 0.394. The summed E-state index contributed by atoms with van der Waals surface area (Å²) in [6.45, 7) is 4.36. The number of hydrogen-bond donors (Lipinski definition) is 0. The molecule has 14 heavy (non-hydrogen) atoms. The van der Waals surface area contributed by atoms with Crippen molar-refractivity contribution in [2.24, 2.45) is 0 Å². The third kappa shape index (κ3) is 14.4. The van der Waals surface area contributed by atoms with Gasteiger partial charge in [-0.3, -0.25) is 0 Å². The normalized spacial score (nSPS) is 11.0. The number of rotatable bonds is 1. The predicted molar refractivity (Wildman–Crippen MR) is 55.5 cm³/mol. The van der Waals surface area contributed by atoms with Gasteiger partial charge in [0.05, 0.1) is 0 Å². The molecule has 0 saturated carbocycles. The number of hydrogen-bond acceptors (Lipinski definition) is 3. The zero-order valence-electron chi connectivity index (χ0n) is 8.45. The van der Waals surface area contributed by atoms with Crippen LogP contribution in [0, 0.1) is 0 Å². The van der Waals surface area contributed by atoms with E-state index >= 15 is 0 Å². The van der Waals surface area contributed by atoms with Crippen LogP contribution in [0.5, 0.6) is 0 Å². The van der Waals surface area contributed by atoms with Gasteiger partial charge >= 0.3 is 11.9 Å². The third-order valence-electron chi connectivity index (χ3n) is 1.06. The minimum Gasteiger partial charge on any atom is -0.412 e. The molecule has 1 atom stereocenters. The fraction of sp³-hybridized carbons (Fsp3) is 0.500. The summed E-state index contributed by atoms with van der Waals surface area (Å²) in [5.74, 6) is -1.16. The van der Waals surface area contributed by atoms with Crippen molar-refractivity contribution < 1.29 is 38.4 Å². The molecule has 0 amide bonds. The Bertz CT molecular complexity index is 164. The number of ether oxygens (including phenoxy) is 1. The Morgan fingerprint density at radius 1 is 1.07 bits per heavy atom. The van der Waals surface area contributed by atoms with E-state index in [1.165, 1.54) is 12.8 Å². The third-order valence-corrected chi connectivity index (χ3v) is 1.06. The van der Waals surface area contributed by atoms with E-state index in [2.05, 4.69) is 18.6 Å².